The molecule has 1 heterocycles. The van der Waals surface area contributed by atoms with Gasteiger partial charge in [0.25, 0.3) is 0 Å². The number of carbonyl (C=O) groups is 1. The average Bonchev–Trinajstić information content (AvgIpc) is 2.82. The smallest absolute Gasteiger partial charge is 0.356 e. The molecule has 0 bridgehead atoms. The molecule has 1 aliphatic carbocycles. The first-order valence-corrected chi connectivity index (χ1v) is 8.23. The lowest BCUT2D eigenvalue weighted by Crippen LogP contribution is -2.30. The summed E-state index contributed by atoms with van der Waals surface area (Å²) in [7, 11) is 0. The molecule has 4 heteroatoms. The molecular weight excluding hydrogens is 254 g/mol. The number of fused-ring (bicyclic) bond motifs is 1. The van der Waals surface area contributed by atoms with Crippen molar-refractivity contribution in [3.63, 3.8) is 0 Å². The van der Waals surface area contributed by atoms with Crippen LogP contribution < -0.4 is 0 Å². The van der Waals surface area contributed by atoms with Gasteiger partial charge >= 0.3 is 5.97 Å². The summed E-state index contributed by atoms with van der Waals surface area (Å²) in [5, 5.41) is 4.03. The van der Waals surface area contributed by atoms with E-state index >= 15 is 0 Å². The Hall–Kier alpha value is -1.06. The number of nitrogens with zero attached hydrogens (tertiary/aromatic N) is 1. The van der Waals surface area contributed by atoms with Crippen molar-refractivity contribution in [2.75, 3.05) is 6.61 Å². The third kappa shape index (κ3) is 4.22. The van der Waals surface area contributed by atoms with Gasteiger partial charge in [-0.05, 0) is 26.2 Å². The van der Waals surface area contributed by atoms with Crippen molar-refractivity contribution < 1.29 is 14.4 Å². The molecule has 2 aliphatic rings. The Morgan fingerprint density at radius 3 is 2.35 bits per heavy atom. The molecule has 0 aromatic heterocycles. The summed E-state index contributed by atoms with van der Waals surface area (Å²) in [5.74, 6) is -0.138. The van der Waals surface area contributed by atoms with E-state index in [-0.39, 0.29) is 18.0 Å². The molecule has 0 radical (unpaired) electrons. The highest BCUT2D eigenvalue weighted by Crippen LogP contribution is 2.29. The van der Waals surface area contributed by atoms with Crippen LogP contribution in [0.4, 0.5) is 0 Å². The van der Waals surface area contributed by atoms with Crippen LogP contribution in [0.1, 0.15) is 71.1 Å². The lowest BCUT2D eigenvalue weighted by atomic mass is 9.87. The van der Waals surface area contributed by atoms with Gasteiger partial charge < -0.3 is 9.57 Å². The summed E-state index contributed by atoms with van der Waals surface area (Å²) in [6, 6.07) is 0. The molecule has 20 heavy (non-hydrogen) atoms. The zero-order valence-corrected chi connectivity index (χ0v) is 12.6. The van der Waals surface area contributed by atoms with E-state index in [0.717, 1.165) is 19.3 Å². The first-order valence-electron chi connectivity index (χ1n) is 8.23. The summed E-state index contributed by atoms with van der Waals surface area (Å²) in [6.45, 7) is 2.22. The van der Waals surface area contributed by atoms with Crippen LogP contribution in [0.5, 0.6) is 0 Å². The SMILES string of the molecule is CCOC(=O)C1=NO[C@@H]2CCCCCCCCCC[C@@H]12. The van der Waals surface area contributed by atoms with Crippen LogP contribution in [0.2, 0.25) is 0 Å². The van der Waals surface area contributed by atoms with Gasteiger partial charge in [-0.2, -0.15) is 0 Å². The van der Waals surface area contributed by atoms with Crippen molar-refractivity contribution in [3.05, 3.63) is 0 Å². The van der Waals surface area contributed by atoms with Crippen LogP contribution in [0.15, 0.2) is 5.16 Å². The molecule has 114 valence electrons. The minimum absolute atomic E-state index is 0.0915. The first-order chi connectivity index (χ1) is 9.83. The van der Waals surface area contributed by atoms with Crippen LogP contribution >= 0.6 is 0 Å². The van der Waals surface area contributed by atoms with Gasteiger partial charge in [-0.3, -0.25) is 0 Å². The van der Waals surface area contributed by atoms with Crippen molar-refractivity contribution in [1.82, 2.24) is 0 Å². The summed E-state index contributed by atoms with van der Waals surface area (Å²) in [5.41, 5.74) is 0.522. The molecule has 0 N–H and O–H groups in total. The van der Waals surface area contributed by atoms with E-state index < -0.39 is 0 Å². The number of ether oxygens (including phenoxy) is 1. The van der Waals surface area contributed by atoms with Crippen LogP contribution in [0.3, 0.4) is 0 Å². The standard InChI is InChI=1S/C16H27NO3/c1-2-19-16(18)15-13-11-9-7-5-3-4-6-8-10-12-14(13)20-17-15/h13-14H,2-12H2,1H3/t13-,14-/m1/s1. The third-order valence-corrected chi connectivity index (χ3v) is 4.32. The molecular formula is C16H27NO3. The Kier molecular flexibility index (Phi) is 6.34. The minimum Gasteiger partial charge on any atom is -0.461 e. The molecule has 2 rings (SSSR count). The summed E-state index contributed by atoms with van der Waals surface area (Å²) < 4.78 is 5.10. The van der Waals surface area contributed by atoms with Gasteiger partial charge in [-0.15, -0.1) is 0 Å². The maximum absolute atomic E-state index is 11.9. The molecule has 0 aromatic rings. The van der Waals surface area contributed by atoms with Crippen molar-refractivity contribution in [1.29, 1.82) is 0 Å². The monoisotopic (exact) mass is 281 g/mol. The predicted octanol–water partition coefficient (Wildman–Crippen LogP) is 3.84. The average molecular weight is 281 g/mol. The highest BCUT2D eigenvalue weighted by molar-refractivity contribution is 6.37. The number of hydrogen-bond acceptors (Lipinski definition) is 4. The molecule has 1 fully saturated rings. The summed E-state index contributed by atoms with van der Waals surface area (Å²) in [4.78, 5) is 17.5. The fourth-order valence-electron chi connectivity index (χ4n) is 3.18. The fraction of sp³-hybridized carbons (Fsp3) is 0.875. The van der Waals surface area contributed by atoms with E-state index in [4.69, 9.17) is 9.57 Å². The molecule has 1 aliphatic heterocycles. The van der Waals surface area contributed by atoms with Crippen LogP contribution in [0, 0.1) is 5.92 Å². The Balaban J connectivity index is 1.95. The predicted molar refractivity (Wildman–Crippen MR) is 78.6 cm³/mol. The van der Waals surface area contributed by atoms with Gasteiger partial charge in [0.2, 0.25) is 0 Å². The van der Waals surface area contributed by atoms with E-state index in [9.17, 15) is 4.79 Å². The topological polar surface area (TPSA) is 47.9 Å². The molecule has 0 amide bonds. The number of carbonyl (C=O) groups excluding carboxylic acids is 1. The highest BCUT2D eigenvalue weighted by atomic mass is 16.6. The van der Waals surface area contributed by atoms with Crippen LogP contribution in [0.25, 0.3) is 0 Å². The zero-order valence-electron chi connectivity index (χ0n) is 12.6. The minimum atomic E-state index is -0.285. The van der Waals surface area contributed by atoms with Gasteiger partial charge in [-0.25, -0.2) is 4.79 Å². The van der Waals surface area contributed by atoms with E-state index in [1.54, 1.807) is 0 Å². The second-order valence-corrected chi connectivity index (χ2v) is 5.85. The summed E-state index contributed by atoms with van der Waals surface area (Å²) in [6.07, 6.45) is 12.3. The number of rotatable bonds is 2. The normalized spacial score (nSPS) is 28.4. The second kappa shape index (κ2) is 8.28. The Labute approximate surface area is 121 Å². The van der Waals surface area contributed by atoms with Gasteiger partial charge in [-0.1, -0.05) is 50.1 Å². The lowest BCUT2D eigenvalue weighted by molar-refractivity contribution is -0.135. The van der Waals surface area contributed by atoms with Crippen LogP contribution in [-0.2, 0) is 14.4 Å². The van der Waals surface area contributed by atoms with Crippen LogP contribution in [-0.4, -0.2) is 24.4 Å². The molecule has 0 unspecified atom stereocenters. The molecule has 4 nitrogen and oxygen atoms in total. The van der Waals surface area contributed by atoms with E-state index in [0.29, 0.717) is 12.3 Å². The van der Waals surface area contributed by atoms with Crippen molar-refractivity contribution in [2.24, 2.45) is 11.1 Å². The molecule has 1 saturated carbocycles. The maximum Gasteiger partial charge on any atom is 0.356 e. The molecule has 0 aromatic carbocycles. The number of hydrogen-bond donors (Lipinski definition) is 0. The first kappa shape index (κ1) is 15.3. The quantitative estimate of drug-likeness (QED) is 0.723. The van der Waals surface area contributed by atoms with E-state index in [2.05, 4.69) is 5.16 Å². The van der Waals surface area contributed by atoms with Crippen molar-refractivity contribution >= 4 is 11.7 Å². The van der Waals surface area contributed by atoms with Gasteiger partial charge in [0, 0.05) is 0 Å². The fourth-order valence-corrected chi connectivity index (χ4v) is 3.18. The second-order valence-electron chi connectivity index (χ2n) is 5.85. The Bertz CT molecular complexity index is 341. The highest BCUT2D eigenvalue weighted by Gasteiger charge is 2.37. The van der Waals surface area contributed by atoms with Gasteiger partial charge in [0.05, 0.1) is 12.5 Å². The maximum atomic E-state index is 11.9. The zero-order chi connectivity index (χ0) is 14.2. The van der Waals surface area contributed by atoms with Gasteiger partial charge in [0.1, 0.15) is 6.10 Å². The third-order valence-electron chi connectivity index (χ3n) is 4.32. The van der Waals surface area contributed by atoms with Crippen molar-refractivity contribution in [2.45, 2.75) is 77.2 Å². The van der Waals surface area contributed by atoms with Crippen molar-refractivity contribution in [3.8, 4) is 0 Å². The Morgan fingerprint density at radius 2 is 1.70 bits per heavy atom. The van der Waals surface area contributed by atoms with E-state index in [1.165, 1.54) is 44.9 Å². The van der Waals surface area contributed by atoms with E-state index in [1.807, 2.05) is 6.92 Å². The Morgan fingerprint density at radius 1 is 1.10 bits per heavy atom. The largest absolute Gasteiger partial charge is 0.461 e. The summed E-state index contributed by atoms with van der Waals surface area (Å²) >= 11 is 0. The number of oxime groups is 1. The molecule has 0 spiro atoms. The number of esters is 1. The lowest BCUT2D eigenvalue weighted by Gasteiger charge is -2.19. The molecule has 2 atom stereocenters. The molecule has 0 saturated heterocycles. The van der Waals surface area contributed by atoms with Gasteiger partial charge in [0.15, 0.2) is 5.71 Å².